The van der Waals surface area contributed by atoms with Crippen molar-refractivity contribution in [3.05, 3.63) is 193 Å². The molecule has 5 nitrogen and oxygen atoms in total. The molecule has 1 aliphatic carbocycles. The van der Waals surface area contributed by atoms with E-state index in [4.69, 9.17) is 19.4 Å². The molecule has 0 fully saturated rings. The van der Waals surface area contributed by atoms with Gasteiger partial charge in [-0.2, -0.15) is 9.97 Å². The average molecular weight is 811 g/mol. The monoisotopic (exact) mass is 810 g/mol. The largest absolute Gasteiger partial charge is 0.456 e. The summed E-state index contributed by atoms with van der Waals surface area (Å²) in [5, 5.41) is 9.18. The summed E-state index contributed by atoms with van der Waals surface area (Å²) in [6, 6.07) is 64.8. The summed E-state index contributed by atoms with van der Waals surface area (Å²) in [7, 11) is 0. The summed E-state index contributed by atoms with van der Waals surface area (Å²) in [6.07, 6.45) is 0. The summed E-state index contributed by atoms with van der Waals surface area (Å²) in [4.78, 5) is 16.1. The lowest BCUT2D eigenvalue weighted by Gasteiger charge is -2.22. The third-order valence-corrected chi connectivity index (χ3v) is 13.0. The van der Waals surface area contributed by atoms with E-state index in [9.17, 15) is 0 Å². The zero-order valence-corrected chi connectivity index (χ0v) is 35.5. The van der Waals surface area contributed by atoms with E-state index in [-0.39, 0.29) is 5.41 Å². The number of hydrogen-bond acceptors (Lipinski definition) is 4. The number of hydrogen-bond donors (Lipinski definition) is 0. The van der Waals surface area contributed by atoms with Crippen molar-refractivity contribution in [1.29, 1.82) is 0 Å². The van der Waals surface area contributed by atoms with E-state index in [0.29, 0.717) is 17.6 Å². The molecule has 0 saturated heterocycles. The van der Waals surface area contributed by atoms with Crippen LogP contribution in [-0.2, 0) is 5.41 Å². The maximum absolute atomic E-state index is 6.39. The predicted octanol–water partition coefficient (Wildman–Crippen LogP) is 15.5. The number of fused-ring (bicyclic) bond motifs is 14. The smallest absolute Gasteiger partial charge is 0.238 e. The summed E-state index contributed by atoms with van der Waals surface area (Å²) >= 11 is 0. The van der Waals surface area contributed by atoms with Gasteiger partial charge in [0.05, 0.1) is 11.0 Å². The van der Waals surface area contributed by atoms with Crippen molar-refractivity contribution in [2.75, 3.05) is 0 Å². The highest BCUT2D eigenvalue weighted by atomic mass is 16.3. The number of para-hydroxylation sites is 2. The highest BCUT2D eigenvalue weighted by Crippen LogP contribution is 2.51. The van der Waals surface area contributed by atoms with Gasteiger partial charge in [-0.05, 0) is 68.2 Å². The number of rotatable bonds is 4. The van der Waals surface area contributed by atoms with Gasteiger partial charge < -0.3 is 4.42 Å². The summed E-state index contributed by atoms with van der Waals surface area (Å²) in [5.41, 5.74) is 12.9. The second kappa shape index (κ2) is 14.1. The standard InChI is InChI=1S/C56H36N4O.C2H6/c1-56(2)46-25-12-10-19-39(46)40-29-27-34(31-47(40)56)36-23-14-24-45-50-43-21-8-6-17-37(43)38-18-7-9-22-44(38)52(50)60(51(36)45)55-58-53(33-15-4-3-5-16-33)57-54(59-55)35-28-30-42-41-20-11-13-26-48(41)61-49(42)32-35;1-2/h3-32H,1-2H3;1-2H3. The van der Waals surface area contributed by atoms with Gasteiger partial charge in [0.25, 0.3) is 0 Å². The van der Waals surface area contributed by atoms with Crippen LogP contribution >= 0.6 is 0 Å². The van der Waals surface area contributed by atoms with E-state index < -0.39 is 0 Å². The van der Waals surface area contributed by atoms with Crippen molar-refractivity contribution in [3.8, 4) is 51.0 Å². The fourth-order valence-corrected chi connectivity index (χ4v) is 10.2. The lowest BCUT2D eigenvalue weighted by atomic mass is 9.81. The average Bonchev–Trinajstić information content (AvgIpc) is 3.98. The molecule has 0 spiro atoms. The van der Waals surface area contributed by atoms with E-state index in [2.05, 4.69) is 164 Å². The molecule has 3 aromatic heterocycles. The number of nitrogens with zero attached hydrogens (tertiary/aromatic N) is 4. The molecule has 0 saturated carbocycles. The topological polar surface area (TPSA) is 56.7 Å². The molecule has 0 atom stereocenters. The van der Waals surface area contributed by atoms with E-state index in [0.717, 1.165) is 66.0 Å². The van der Waals surface area contributed by atoms with E-state index in [1.165, 1.54) is 43.8 Å². The Morgan fingerprint density at radius 1 is 0.397 bits per heavy atom. The van der Waals surface area contributed by atoms with Crippen LogP contribution < -0.4 is 0 Å². The van der Waals surface area contributed by atoms with Crippen molar-refractivity contribution in [2.24, 2.45) is 0 Å². The van der Waals surface area contributed by atoms with E-state index in [1.54, 1.807) is 0 Å². The number of furan rings is 1. The first-order valence-corrected chi connectivity index (χ1v) is 21.9. The van der Waals surface area contributed by atoms with Crippen molar-refractivity contribution in [2.45, 2.75) is 33.1 Å². The normalized spacial score (nSPS) is 12.9. The molecule has 0 radical (unpaired) electrons. The zero-order valence-electron chi connectivity index (χ0n) is 35.5. The van der Waals surface area contributed by atoms with Crippen molar-refractivity contribution in [3.63, 3.8) is 0 Å². The van der Waals surface area contributed by atoms with Crippen LogP contribution in [0.1, 0.15) is 38.8 Å². The molecular formula is C58H42N4O. The quantitative estimate of drug-likeness (QED) is 0.166. The summed E-state index contributed by atoms with van der Waals surface area (Å²) in [6.45, 7) is 8.69. The molecule has 5 heteroatoms. The molecule has 300 valence electrons. The minimum atomic E-state index is -0.149. The molecule has 0 N–H and O–H groups in total. The van der Waals surface area contributed by atoms with Gasteiger partial charge in [-0.25, -0.2) is 4.98 Å². The highest BCUT2D eigenvalue weighted by Gasteiger charge is 2.35. The van der Waals surface area contributed by atoms with Gasteiger partial charge in [-0.1, -0.05) is 185 Å². The molecule has 0 amide bonds. The van der Waals surface area contributed by atoms with Gasteiger partial charge in [-0.3, -0.25) is 4.57 Å². The SMILES string of the molecule is CC.CC1(C)c2ccccc2-c2ccc(-c3cccc4c5c6ccccc6c6ccccc6c5n(-c5nc(-c6ccccc6)nc(-c6ccc7c(c6)oc6ccccc67)n5)c34)cc21. The Hall–Kier alpha value is -7.89. The van der Waals surface area contributed by atoms with E-state index >= 15 is 0 Å². The van der Waals surface area contributed by atoms with Gasteiger partial charge in [0.15, 0.2) is 11.6 Å². The number of aromatic nitrogens is 4. The molecule has 13 rings (SSSR count). The van der Waals surface area contributed by atoms with E-state index in [1.807, 2.05) is 50.2 Å². The highest BCUT2D eigenvalue weighted by molar-refractivity contribution is 6.33. The third kappa shape index (κ3) is 5.46. The first-order chi connectivity index (χ1) is 31.0. The van der Waals surface area contributed by atoms with Crippen LogP contribution in [0.3, 0.4) is 0 Å². The second-order valence-corrected chi connectivity index (χ2v) is 16.7. The van der Waals surface area contributed by atoms with Crippen LogP contribution in [0.2, 0.25) is 0 Å². The Labute approximate surface area is 365 Å². The first kappa shape index (κ1) is 36.9. The Bertz CT molecular complexity index is 3800. The van der Waals surface area contributed by atoms with Crippen molar-refractivity contribution in [1.82, 2.24) is 19.5 Å². The fraction of sp³-hybridized carbons (Fsp3) is 0.0862. The van der Waals surface area contributed by atoms with Gasteiger partial charge >= 0.3 is 0 Å². The van der Waals surface area contributed by atoms with Gasteiger partial charge in [0, 0.05) is 49.0 Å². The Morgan fingerprint density at radius 2 is 0.984 bits per heavy atom. The molecule has 0 aliphatic heterocycles. The zero-order chi connectivity index (χ0) is 42.4. The Morgan fingerprint density at radius 3 is 1.79 bits per heavy atom. The van der Waals surface area contributed by atoms with Gasteiger partial charge in [0.1, 0.15) is 11.2 Å². The molecule has 3 heterocycles. The van der Waals surface area contributed by atoms with Crippen LogP contribution in [0.15, 0.2) is 186 Å². The first-order valence-electron chi connectivity index (χ1n) is 21.9. The molecule has 0 bridgehead atoms. The molecule has 12 aromatic rings. The molecular weight excluding hydrogens is 769 g/mol. The summed E-state index contributed by atoms with van der Waals surface area (Å²) < 4.78 is 8.71. The lowest BCUT2D eigenvalue weighted by molar-refractivity contribution is 0.660. The maximum Gasteiger partial charge on any atom is 0.238 e. The van der Waals surface area contributed by atoms with Crippen LogP contribution in [0.4, 0.5) is 0 Å². The van der Waals surface area contributed by atoms with Crippen molar-refractivity contribution >= 4 is 65.3 Å². The van der Waals surface area contributed by atoms with Crippen LogP contribution in [0.25, 0.3) is 116 Å². The van der Waals surface area contributed by atoms with Crippen molar-refractivity contribution < 1.29 is 4.42 Å². The third-order valence-electron chi connectivity index (χ3n) is 13.0. The minimum Gasteiger partial charge on any atom is -0.456 e. The second-order valence-electron chi connectivity index (χ2n) is 16.7. The van der Waals surface area contributed by atoms with Crippen LogP contribution in [0.5, 0.6) is 0 Å². The lowest BCUT2D eigenvalue weighted by Crippen LogP contribution is -2.14. The van der Waals surface area contributed by atoms with Crippen LogP contribution in [-0.4, -0.2) is 19.5 Å². The fourth-order valence-electron chi connectivity index (χ4n) is 10.2. The summed E-state index contributed by atoms with van der Waals surface area (Å²) in [5.74, 6) is 1.72. The molecule has 1 aliphatic rings. The Kier molecular flexibility index (Phi) is 8.25. The van der Waals surface area contributed by atoms with Gasteiger partial charge in [-0.15, -0.1) is 0 Å². The Balaban J connectivity index is 0.00000208. The number of benzene rings is 9. The van der Waals surface area contributed by atoms with Crippen LogP contribution in [0, 0.1) is 0 Å². The minimum absolute atomic E-state index is 0.149. The maximum atomic E-state index is 6.39. The molecule has 0 unspecified atom stereocenters. The molecule has 9 aromatic carbocycles. The predicted molar refractivity (Wildman–Crippen MR) is 262 cm³/mol. The molecule has 63 heavy (non-hydrogen) atoms. The van der Waals surface area contributed by atoms with Gasteiger partial charge in [0.2, 0.25) is 5.95 Å².